The number of piperazine rings is 1. The van der Waals surface area contributed by atoms with Gasteiger partial charge in [-0.05, 0) is 31.9 Å². The van der Waals surface area contributed by atoms with Gasteiger partial charge in [-0.1, -0.05) is 29.8 Å². The van der Waals surface area contributed by atoms with E-state index in [0.29, 0.717) is 42.2 Å². The number of ether oxygens (including phenoxy) is 2. The molecule has 1 fully saturated rings. The number of carbonyl (C=O) groups excluding carboxylic acids is 2. The summed E-state index contributed by atoms with van der Waals surface area (Å²) in [5.41, 5.74) is 4.75. The summed E-state index contributed by atoms with van der Waals surface area (Å²) in [6, 6.07) is 8.53. The number of esters is 1. The molecule has 162 valence electrons. The topological polar surface area (TPSA) is 74.9 Å². The van der Waals surface area contributed by atoms with Crippen LogP contribution in [-0.4, -0.2) is 73.2 Å². The van der Waals surface area contributed by atoms with Crippen LogP contribution in [0.1, 0.15) is 43.2 Å². The summed E-state index contributed by atoms with van der Waals surface area (Å²) < 4.78 is 10.1. The van der Waals surface area contributed by atoms with Gasteiger partial charge in [-0.2, -0.15) is 0 Å². The first kappa shape index (κ1) is 22.1. The number of hydrogen-bond acceptors (Lipinski definition) is 5. The number of methoxy groups -OCH3 is 1. The molecule has 0 radical (unpaired) electrons. The minimum atomic E-state index is -0.430. The zero-order valence-electron chi connectivity index (χ0n) is 18.3. The van der Waals surface area contributed by atoms with Gasteiger partial charge in [-0.25, -0.2) is 4.79 Å². The molecule has 0 atom stereocenters. The van der Waals surface area contributed by atoms with E-state index in [0.717, 1.165) is 19.6 Å². The number of benzene rings is 1. The third kappa shape index (κ3) is 5.09. The standard InChI is InChI=1S/C23H31N3O4/c1-16-6-5-7-19(14-16)15-25-8-10-26(11-9-25)22(27)21-17(2)20(18(3)24-21)23(28)30-13-12-29-4/h5-7,14,24H,8-13,15H2,1-4H3. The molecule has 7 nitrogen and oxygen atoms in total. The number of nitrogens with zero attached hydrogens (tertiary/aromatic N) is 2. The number of nitrogens with one attached hydrogen (secondary N) is 1. The van der Waals surface area contributed by atoms with Gasteiger partial charge in [0.15, 0.2) is 0 Å². The van der Waals surface area contributed by atoms with E-state index in [1.54, 1.807) is 21.0 Å². The van der Waals surface area contributed by atoms with Gasteiger partial charge in [-0.3, -0.25) is 9.69 Å². The Kier molecular flexibility index (Phi) is 7.29. The maximum absolute atomic E-state index is 13.1. The SMILES string of the molecule is COCCOC(=O)c1c(C)[nH]c(C(=O)N2CCN(Cc3cccc(C)c3)CC2)c1C. The molecule has 0 bridgehead atoms. The van der Waals surface area contributed by atoms with E-state index >= 15 is 0 Å². The number of hydrogen-bond donors (Lipinski definition) is 1. The van der Waals surface area contributed by atoms with E-state index in [9.17, 15) is 9.59 Å². The molecule has 30 heavy (non-hydrogen) atoms. The molecule has 1 aliphatic heterocycles. The predicted molar refractivity (Wildman–Crippen MR) is 115 cm³/mol. The van der Waals surface area contributed by atoms with Gasteiger partial charge >= 0.3 is 5.97 Å². The van der Waals surface area contributed by atoms with Gasteiger partial charge in [0.25, 0.3) is 5.91 Å². The second-order valence-corrected chi connectivity index (χ2v) is 7.81. The second-order valence-electron chi connectivity index (χ2n) is 7.81. The van der Waals surface area contributed by atoms with Crippen molar-refractivity contribution in [2.75, 3.05) is 46.5 Å². The normalized spacial score (nSPS) is 14.7. The van der Waals surface area contributed by atoms with Gasteiger partial charge in [0.1, 0.15) is 12.3 Å². The van der Waals surface area contributed by atoms with Gasteiger partial charge in [-0.15, -0.1) is 0 Å². The average Bonchev–Trinajstić information content (AvgIpc) is 3.02. The van der Waals surface area contributed by atoms with Crippen LogP contribution in [0.3, 0.4) is 0 Å². The summed E-state index contributed by atoms with van der Waals surface area (Å²) in [6.07, 6.45) is 0. The van der Waals surface area contributed by atoms with Crippen LogP contribution >= 0.6 is 0 Å². The fraction of sp³-hybridized carbons (Fsp3) is 0.478. The van der Waals surface area contributed by atoms with Crippen molar-refractivity contribution in [2.24, 2.45) is 0 Å². The summed E-state index contributed by atoms with van der Waals surface area (Å²) >= 11 is 0. The molecule has 0 unspecified atom stereocenters. The molecule has 1 aliphatic rings. The monoisotopic (exact) mass is 413 g/mol. The van der Waals surface area contributed by atoms with Crippen molar-refractivity contribution < 1.29 is 19.1 Å². The van der Waals surface area contributed by atoms with E-state index in [1.807, 2.05) is 4.90 Å². The molecule has 0 spiro atoms. The maximum atomic E-state index is 13.1. The highest BCUT2D eigenvalue weighted by atomic mass is 16.6. The van der Waals surface area contributed by atoms with E-state index < -0.39 is 5.97 Å². The molecule has 2 aromatic rings. The van der Waals surface area contributed by atoms with Crippen molar-refractivity contribution in [2.45, 2.75) is 27.3 Å². The molecule has 1 aromatic carbocycles. The van der Waals surface area contributed by atoms with E-state index in [-0.39, 0.29) is 12.5 Å². The number of aromatic amines is 1. The number of aryl methyl sites for hydroxylation is 2. The Labute approximate surface area is 178 Å². The van der Waals surface area contributed by atoms with Gasteiger partial charge in [0, 0.05) is 45.5 Å². The van der Waals surface area contributed by atoms with Crippen LogP contribution in [0.2, 0.25) is 0 Å². The van der Waals surface area contributed by atoms with Crippen LogP contribution in [-0.2, 0) is 16.0 Å². The van der Waals surface area contributed by atoms with Crippen LogP contribution in [0.15, 0.2) is 24.3 Å². The first-order valence-electron chi connectivity index (χ1n) is 10.3. The number of carbonyl (C=O) groups is 2. The van der Waals surface area contributed by atoms with E-state index in [4.69, 9.17) is 9.47 Å². The van der Waals surface area contributed by atoms with Crippen molar-refractivity contribution in [3.8, 4) is 0 Å². The van der Waals surface area contributed by atoms with Crippen LogP contribution in [0.4, 0.5) is 0 Å². The highest BCUT2D eigenvalue weighted by molar-refractivity contribution is 6.00. The van der Waals surface area contributed by atoms with Crippen molar-refractivity contribution in [3.63, 3.8) is 0 Å². The molecular weight excluding hydrogens is 382 g/mol. The minimum Gasteiger partial charge on any atom is -0.460 e. The summed E-state index contributed by atoms with van der Waals surface area (Å²) in [5.74, 6) is -0.498. The lowest BCUT2D eigenvalue weighted by molar-refractivity contribution is 0.0387. The van der Waals surface area contributed by atoms with Crippen molar-refractivity contribution in [3.05, 3.63) is 57.9 Å². The molecule has 0 saturated carbocycles. The highest BCUT2D eigenvalue weighted by Crippen LogP contribution is 2.21. The van der Waals surface area contributed by atoms with Gasteiger partial charge < -0.3 is 19.4 Å². The van der Waals surface area contributed by atoms with Crippen LogP contribution in [0, 0.1) is 20.8 Å². The number of H-pyrrole nitrogens is 1. The Morgan fingerprint density at radius 1 is 1.07 bits per heavy atom. The fourth-order valence-electron chi connectivity index (χ4n) is 3.90. The molecule has 1 N–H and O–H groups in total. The Morgan fingerprint density at radius 3 is 2.47 bits per heavy atom. The third-order valence-electron chi connectivity index (χ3n) is 5.52. The first-order valence-corrected chi connectivity index (χ1v) is 10.3. The molecule has 1 aromatic heterocycles. The number of aromatic nitrogens is 1. The van der Waals surface area contributed by atoms with Crippen molar-refractivity contribution in [1.29, 1.82) is 0 Å². The lowest BCUT2D eigenvalue weighted by atomic mass is 10.1. The number of amides is 1. The molecule has 1 amide bonds. The molecule has 0 aliphatic carbocycles. The molecule has 7 heteroatoms. The zero-order valence-corrected chi connectivity index (χ0v) is 18.3. The Bertz CT molecular complexity index is 898. The Hall–Kier alpha value is -2.64. The maximum Gasteiger partial charge on any atom is 0.340 e. The Morgan fingerprint density at radius 2 is 1.80 bits per heavy atom. The first-order chi connectivity index (χ1) is 14.4. The number of rotatable bonds is 7. The second kappa shape index (κ2) is 9.91. The third-order valence-corrected chi connectivity index (χ3v) is 5.52. The van der Waals surface area contributed by atoms with Crippen LogP contribution in [0.25, 0.3) is 0 Å². The van der Waals surface area contributed by atoms with Crippen LogP contribution < -0.4 is 0 Å². The largest absolute Gasteiger partial charge is 0.460 e. The zero-order chi connectivity index (χ0) is 21.7. The molecule has 1 saturated heterocycles. The smallest absolute Gasteiger partial charge is 0.340 e. The van der Waals surface area contributed by atoms with Crippen molar-refractivity contribution >= 4 is 11.9 Å². The summed E-state index contributed by atoms with van der Waals surface area (Å²) in [6.45, 7) is 10.1. The fourth-order valence-corrected chi connectivity index (χ4v) is 3.90. The predicted octanol–water partition coefficient (Wildman–Crippen LogP) is 2.70. The highest BCUT2D eigenvalue weighted by Gasteiger charge is 2.28. The average molecular weight is 414 g/mol. The Balaban J connectivity index is 1.61. The van der Waals surface area contributed by atoms with Gasteiger partial charge in [0.05, 0.1) is 12.2 Å². The van der Waals surface area contributed by atoms with E-state index in [2.05, 4.69) is 41.1 Å². The van der Waals surface area contributed by atoms with Crippen LogP contribution in [0.5, 0.6) is 0 Å². The minimum absolute atomic E-state index is 0.0678. The van der Waals surface area contributed by atoms with Crippen molar-refractivity contribution in [1.82, 2.24) is 14.8 Å². The summed E-state index contributed by atoms with van der Waals surface area (Å²) in [4.78, 5) is 32.8. The molecule has 3 rings (SSSR count). The van der Waals surface area contributed by atoms with E-state index in [1.165, 1.54) is 11.1 Å². The summed E-state index contributed by atoms with van der Waals surface area (Å²) in [7, 11) is 1.55. The summed E-state index contributed by atoms with van der Waals surface area (Å²) in [5, 5.41) is 0. The van der Waals surface area contributed by atoms with Gasteiger partial charge in [0.2, 0.25) is 0 Å². The lowest BCUT2D eigenvalue weighted by Gasteiger charge is -2.34. The molecular formula is C23H31N3O4. The lowest BCUT2D eigenvalue weighted by Crippen LogP contribution is -2.48. The quantitative estimate of drug-likeness (QED) is 0.558. The molecule has 2 heterocycles.